The predicted molar refractivity (Wildman–Crippen MR) is 108 cm³/mol. The molecule has 2 aliphatic rings. The van der Waals surface area contributed by atoms with Crippen LogP contribution in [0.3, 0.4) is 0 Å². The van der Waals surface area contributed by atoms with Gasteiger partial charge in [-0.05, 0) is 47.5 Å². The quantitative estimate of drug-likeness (QED) is 0.612. The average molecular weight is 409 g/mol. The number of tetrazole rings is 1. The van der Waals surface area contributed by atoms with Crippen LogP contribution >= 0.6 is 11.8 Å². The van der Waals surface area contributed by atoms with Gasteiger partial charge in [0.1, 0.15) is 13.2 Å². The molecule has 3 aromatic rings. The molecule has 0 unspecified atom stereocenters. The second-order valence-electron chi connectivity index (χ2n) is 6.94. The second-order valence-corrected chi connectivity index (χ2v) is 7.88. The predicted octanol–water partition coefficient (Wildman–Crippen LogP) is 2.50. The van der Waals surface area contributed by atoms with Gasteiger partial charge in [0.15, 0.2) is 11.5 Å². The first-order chi connectivity index (χ1) is 14.2. The number of nitrogens with zero attached hydrogens (tertiary/aromatic N) is 5. The Morgan fingerprint density at radius 3 is 2.90 bits per heavy atom. The molecule has 1 atom stereocenters. The van der Waals surface area contributed by atoms with E-state index in [-0.39, 0.29) is 17.7 Å². The topological polar surface area (TPSA) is 82.4 Å². The van der Waals surface area contributed by atoms with Crippen LogP contribution in [0, 0.1) is 0 Å². The van der Waals surface area contributed by atoms with Crippen LogP contribution in [-0.4, -0.2) is 51.1 Å². The van der Waals surface area contributed by atoms with Crippen LogP contribution in [0.5, 0.6) is 11.5 Å². The molecule has 0 spiro atoms. The van der Waals surface area contributed by atoms with Gasteiger partial charge in [-0.2, -0.15) is 4.68 Å². The molecular formula is C20H19N5O3S. The molecule has 5 rings (SSSR count). The number of rotatable bonds is 4. The Labute approximate surface area is 171 Å². The highest BCUT2D eigenvalue weighted by atomic mass is 32.2. The van der Waals surface area contributed by atoms with Gasteiger partial charge < -0.3 is 14.4 Å². The summed E-state index contributed by atoms with van der Waals surface area (Å²) in [6.07, 6.45) is 0.877. The van der Waals surface area contributed by atoms with E-state index >= 15 is 0 Å². The highest BCUT2D eigenvalue weighted by Crippen LogP contribution is 2.34. The molecule has 0 radical (unpaired) electrons. The van der Waals surface area contributed by atoms with Crippen molar-refractivity contribution in [1.82, 2.24) is 20.2 Å². The summed E-state index contributed by atoms with van der Waals surface area (Å²) in [4.78, 5) is 14.8. The van der Waals surface area contributed by atoms with Crippen LogP contribution < -0.4 is 14.4 Å². The van der Waals surface area contributed by atoms with Gasteiger partial charge in [0, 0.05) is 17.8 Å². The van der Waals surface area contributed by atoms with E-state index < -0.39 is 0 Å². The summed E-state index contributed by atoms with van der Waals surface area (Å²) in [5.74, 6) is 1.67. The number of hydrogen-bond acceptors (Lipinski definition) is 7. The molecule has 29 heavy (non-hydrogen) atoms. The monoisotopic (exact) mass is 409 g/mol. The normalized spacial score (nSPS) is 17.3. The van der Waals surface area contributed by atoms with Crippen molar-refractivity contribution >= 4 is 23.4 Å². The Morgan fingerprint density at radius 2 is 2.00 bits per heavy atom. The Bertz CT molecular complexity index is 1070. The van der Waals surface area contributed by atoms with Crippen molar-refractivity contribution in [1.29, 1.82) is 0 Å². The fourth-order valence-electron chi connectivity index (χ4n) is 3.74. The number of carbonyl (C=O) groups excluding carboxylic acids is 1. The summed E-state index contributed by atoms with van der Waals surface area (Å²) < 4.78 is 12.8. The van der Waals surface area contributed by atoms with Gasteiger partial charge in [0.25, 0.3) is 0 Å². The van der Waals surface area contributed by atoms with Crippen LogP contribution in [0.2, 0.25) is 0 Å². The maximum absolute atomic E-state index is 12.9. The highest BCUT2D eigenvalue weighted by molar-refractivity contribution is 7.99. The molecule has 8 nitrogen and oxygen atoms in total. The SMILES string of the molecule is C[C@@H]1Cc2ccccc2N1C(=O)CSc1nnnn1-c1ccc2c(c1)OCCO2. The molecule has 0 aliphatic carbocycles. The van der Waals surface area contributed by atoms with Crippen molar-refractivity contribution in [3.63, 3.8) is 0 Å². The molecule has 2 aliphatic heterocycles. The number of amides is 1. The minimum absolute atomic E-state index is 0.0455. The van der Waals surface area contributed by atoms with Gasteiger partial charge in [-0.15, -0.1) is 5.10 Å². The lowest BCUT2D eigenvalue weighted by molar-refractivity contribution is -0.116. The number of aromatic nitrogens is 4. The van der Waals surface area contributed by atoms with Crippen LogP contribution in [0.25, 0.3) is 5.69 Å². The lowest BCUT2D eigenvalue weighted by Gasteiger charge is -2.22. The fourth-order valence-corrected chi connectivity index (χ4v) is 4.49. The Hall–Kier alpha value is -3.07. The van der Waals surface area contributed by atoms with E-state index in [1.807, 2.05) is 41.3 Å². The number of anilines is 1. The van der Waals surface area contributed by atoms with Crippen LogP contribution in [0.4, 0.5) is 5.69 Å². The lowest BCUT2D eigenvalue weighted by atomic mass is 10.1. The smallest absolute Gasteiger partial charge is 0.237 e. The molecule has 1 amide bonds. The van der Waals surface area contributed by atoms with Crippen molar-refractivity contribution < 1.29 is 14.3 Å². The number of benzene rings is 2. The lowest BCUT2D eigenvalue weighted by Crippen LogP contribution is -2.37. The first-order valence-electron chi connectivity index (χ1n) is 9.42. The first-order valence-corrected chi connectivity index (χ1v) is 10.4. The Balaban J connectivity index is 1.33. The molecule has 0 saturated carbocycles. The number of carbonyl (C=O) groups is 1. The van der Waals surface area contributed by atoms with Gasteiger partial charge >= 0.3 is 0 Å². The number of hydrogen-bond donors (Lipinski definition) is 0. The van der Waals surface area contributed by atoms with Crippen molar-refractivity contribution in [3.8, 4) is 17.2 Å². The molecule has 0 fully saturated rings. The summed E-state index contributed by atoms with van der Waals surface area (Å²) in [7, 11) is 0. The van der Waals surface area contributed by atoms with E-state index in [0.29, 0.717) is 29.9 Å². The van der Waals surface area contributed by atoms with Crippen LogP contribution in [-0.2, 0) is 11.2 Å². The zero-order valence-electron chi connectivity index (χ0n) is 15.8. The standard InChI is InChI=1S/C20H19N5O3S/c1-13-10-14-4-2-3-5-16(14)24(13)19(26)12-29-20-21-22-23-25(20)15-6-7-17-18(11-15)28-9-8-27-17/h2-7,11,13H,8-10,12H2,1H3/t13-/m1/s1. The number of para-hydroxylation sites is 1. The number of thioether (sulfide) groups is 1. The summed E-state index contributed by atoms with van der Waals surface area (Å²) in [5, 5.41) is 12.5. The van der Waals surface area contributed by atoms with Gasteiger partial charge in [-0.3, -0.25) is 4.79 Å². The second kappa shape index (κ2) is 7.40. The first kappa shape index (κ1) is 18.0. The molecule has 1 aromatic heterocycles. The third kappa shape index (κ3) is 3.31. The molecule has 0 N–H and O–H groups in total. The molecule has 0 bridgehead atoms. The average Bonchev–Trinajstić information content (AvgIpc) is 3.35. The highest BCUT2D eigenvalue weighted by Gasteiger charge is 2.30. The summed E-state index contributed by atoms with van der Waals surface area (Å²) in [5.41, 5.74) is 2.96. The molecular weight excluding hydrogens is 390 g/mol. The van der Waals surface area contributed by atoms with E-state index in [0.717, 1.165) is 17.8 Å². The van der Waals surface area contributed by atoms with Crippen LogP contribution in [0.1, 0.15) is 12.5 Å². The van der Waals surface area contributed by atoms with E-state index in [1.54, 1.807) is 4.68 Å². The molecule has 2 aromatic carbocycles. The maximum Gasteiger partial charge on any atom is 0.237 e. The minimum atomic E-state index is 0.0455. The van der Waals surface area contributed by atoms with Crippen molar-refractivity contribution in [2.45, 2.75) is 24.5 Å². The summed E-state index contributed by atoms with van der Waals surface area (Å²) in [6.45, 7) is 3.12. The summed E-state index contributed by atoms with van der Waals surface area (Å²) >= 11 is 1.32. The molecule has 0 saturated heterocycles. The maximum atomic E-state index is 12.9. The number of ether oxygens (including phenoxy) is 2. The van der Waals surface area contributed by atoms with Crippen molar-refractivity contribution in [2.24, 2.45) is 0 Å². The fraction of sp³-hybridized carbons (Fsp3) is 0.300. The molecule has 9 heteroatoms. The van der Waals surface area contributed by atoms with Gasteiger partial charge in [-0.25, -0.2) is 0 Å². The number of fused-ring (bicyclic) bond motifs is 2. The van der Waals surface area contributed by atoms with Gasteiger partial charge in [0.05, 0.1) is 11.4 Å². The zero-order chi connectivity index (χ0) is 19.8. The third-order valence-electron chi connectivity index (χ3n) is 5.01. The van der Waals surface area contributed by atoms with E-state index in [4.69, 9.17) is 9.47 Å². The van der Waals surface area contributed by atoms with Crippen molar-refractivity contribution in [2.75, 3.05) is 23.9 Å². The van der Waals surface area contributed by atoms with E-state index in [2.05, 4.69) is 28.5 Å². The van der Waals surface area contributed by atoms with E-state index in [9.17, 15) is 4.79 Å². The van der Waals surface area contributed by atoms with Crippen molar-refractivity contribution in [3.05, 3.63) is 48.0 Å². The molecule has 148 valence electrons. The zero-order valence-corrected chi connectivity index (χ0v) is 16.6. The minimum Gasteiger partial charge on any atom is -0.486 e. The largest absolute Gasteiger partial charge is 0.486 e. The van der Waals surface area contributed by atoms with Gasteiger partial charge in [-0.1, -0.05) is 30.0 Å². The van der Waals surface area contributed by atoms with E-state index in [1.165, 1.54) is 17.3 Å². The Kier molecular flexibility index (Phi) is 4.59. The van der Waals surface area contributed by atoms with Gasteiger partial charge in [0.2, 0.25) is 11.1 Å². The van der Waals surface area contributed by atoms with Crippen LogP contribution in [0.15, 0.2) is 47.6 Å². The third-order valence-corrected chi connectivity index (χ3v) is 5.92. The molecule has 3 heterocycles. The summed E-state index contributed by atoms with van der Waals surface area (Å²) in [6, 6.07) is 13.8. The Morgan fingerprint density at radius 1 is 1.17 bits per heavy atom.